The van der Waals surface area contributed by atoms with E-state index in [-0.39, 0.29) is 23.0 Å². The Morgan fingerprint density at radius 3 is 2.85 bits per heavy atom. The Hall–Kier alpha value is -2.28. The van der Waals surface area contributed by atoms with Gasteiger partial charge in [0.25, 0.3) is 0 Å². The number of amidine groups is 1. The number of nitrogens with two attached hydrogens (primary N) is 1. The third kappa shape index (κ3) is 3.48. The van der Waals surface area contributed by atoms with Gasteiger partial charge in [-0.2, -0.15) is 0 Å². The highest BCUT2D eigenvalue weighted by Crippen LogP contribution is 2.43. The van der Waals surface area contributed by atoms with Gasteiger partial charge >= 0.3 is 0 Å². The van der Waals surface area contributed by atoms with E-state index in [9.17, 15) is 4.79 Å². The molecule has 1 fully saturated rings. The largest absolute Gasteiger partial charge is 0.369 e. The van der Waals surface area contributed by atoms with Crippen molar-refractivity contribution in [2.45, 2.75) is 31.1 Å². The summed E-state index contributed by atoms with van der Waals surface area (Å²) in [6.45, 7) is 5.19. The van der Waals surface area contributed by atoms with Crippen molar-refractivity contribution in [2.24, 2.45) is 16.6 Å². The molecule has 3 atom stereocenters. The van der Waals surface area contributed by atoms with E-state index in [1.165, 1.54) is 4.90 Å². The van der Waals surface area contributed by atoms with Crippen LogP contribution >= 0.6 is 11.8 Å². The molecule has 144 valence electrons. The highest BCUT2D eigenvalue weighted by atomic mass is 32.2. The highest BCUT2D eigenvalue weighted by molar-refractivity contribution is 8.02. The molecular weight excluding hydrogens is 358 g/mol. The van der Waals surface area contributed by atoms with Crippen molar-refractivity contribution >= 4 is 29.5 Å². The Morgan fingerprint density at radius 2 is 2.19 bits per heavy atom. The van der Waals surface area contributed by atoms with Crippen LogP contribution in [-0.4, -0.2) is 58.4 Å². The van der Waals surface area contributed by atoms with Gasteiger partial charge in [-0.15, -0.1) is 11.8 Å². The Kier molecular flexibility index (Phi) is 5.60. The fraction of sp³-hybridized carbons (Fsp3) is 0.450. The number of carbonyl (C=O) groups is 1. The zero-order chi connectivity index (χ0) is 19.6. The fourth-order valence-corrected chi connectivity index (χ4v) is 4.80. The van der Waals surface area contributed by atoms with Crippen LogP contribution in [0.5, 0.6) is 0 Å². The van der Waals surface area contributed by atoms with Gasteiger partial charge in [-0.05, 0) is 11.8 Å². The number of guanidine groups is 1. The molecule has 6 nitrogen and oxygen atoms in total. The van der Waals surface area contributed by atoms with Crippen LogP contribution in [0.2, 0.25) is 0 Å². The number of hydrogen-bond acceptors (Lipinski definition) is 5. The Labute approximate surface area is 165 Å². The summed E-state index contributed by atoms with van der Waals surface area (Å²) in [6, 6.07) is 9.62. The molecule has 7 heteroatoms. The van der Waals surface area contributed by atoms with E-state index in [1.54, 1.807) is 18.8 Å². The van der Waals surface area contributed by atoms with Gasteiger partial charge in [0.15, 0.2) is 5.96 Å². The van der Waals surface area contributed by atoms with Gasteiger partial charge in [0, 0.05) is 31.0 Å². The van der Waals surface area contributed by atoms with Gasteiger partial charge in [0.2, 0.25) is 5.91 Å². The number of thioether (sulfide) groups is 1. The van der Waals surface area contributed by atoms with Crippen LogP contribution in [0.15, 0.2) is 46.8 Å². The van der Waals surface area contributed by atoms with Crippen molar-refractivity contribution < 1.29 is 4.79 Å². The number of nitrogens with zero attached hydrogens (tertiary/aromatic N) is 3. The molecule has 0 aliphatic carbocycles. The van der Waals surface area contributed by atoms with Gasteiger partial charge < -0.3 is 10.6 Å². The van der Waals surface area contributed by atoms with Crippen LogP contribution in [0.3, 0.4) is 0 Å². The number of aliphatic imine (C=N–C) groups is 1. The van der Waals surface area contributed by atoms with Crippen LogP contribution < -0.4 is 5.73 Å². The Balaban J connectivity index is 1.94. The molecule has 0 saturated carbocycles. The van der Waals surface area contributed by atoms with Crippen LogP contribution in [-0.2, 0) is 4.79 Å². The first-order valence-corrected chi connectivity index (χ1v) is 10.2. The lowest BCUT2D eigenvalue weighted by Crippen LogP contribution is -2.59. The number of carbonyl (C=O) groups excluding carboxylic acids is 1. The van der Waals surface area contributed by atoms with E-state index in [1.807, 2.05) is 35.2 Å². The standard InChI is InChI=1S/C20H27N5OS/c1-4-5-11-27-14(2)20-13-25(17(21)15-9-7-6-8-10-15)12-16(20)18(26)24(3)19(22)23-20/h5-11,14,16,21H,4,12-13H2,1-3H3,(H2,22,23)/b11-5-,21-17?/t14-,16-,20?/m0/s1. The topological polar surface area (TPSA) is 85.8 Å². The van der Waals surface area contributed by atoms with Crippen molar-refractivity contribution in [3.8, 4) is 0 Å². The summed E-state index contributed by atoms with van der Waals surface area (Å²) in [5, 5.41) is 10.8. The predicted molar refractivity (Wildman–Crippen MR) is 112 cm³/mol. The normalized spacial score (nSPS) is 26.3. The maximum absolute atomic E-state index is 13.0. The second-order valence-electron chi connectivity index (χ2n) is 7.06. The van der Waals surface area contributed by atoms with Gasteiger partial charge in [0.1, 0.15) is 11.4 Å². The number of likely N-dealkylation sites (tertiary alicyclic amines) is 1. The molecule has 0 spiro atoms. The van der Waals surface area contributed by atoms with Crippen LogP contribution in [0.25, 0.3) is 0 Å². The minimum Gasteiger partial charge on any atom is -0.369 e. The minimum atomic E-state index is -0.627. The van der Waals surface area contributed by atoms with Gasteiger partial charge in [0.05, 0.1) is 5.92 Å². The third-order valence-electron chi connectivity index (χ3n) is 5.43. The number of benzene rings is 1. The van der Waals surface area contributed by atoms with E-state index < -0.39 is 5.54 Å². The number of fused-ring (bicyclic) bond motifs is 1. The maximum Gasteiger partial charge on any atom is 0.236 e. The lowest BCUT2D eigenvalue weighted by Gasteiger charge is -2.40. The van der Waals surface area contributed by atoms with Crippen LogP contribution in [0.1, 0.15) is 25.8 Å². The summed E-state index contributed by atoms with van der Waals surface area (Å²) in [6.07, 6.45) is 3.07. The summed E-state index contributed by atoms with van der Waals surface area (Å²) >= 11 is 1.68. The molecule has 3 N–H and O–H groups in total. The summed E-state index contributed by atoms with van der Waals surface area (Å²) in [5.74, 6) is 0.361. The van der Waals surface area contributed by atoms with Gasteiger partial charge in [-0.25, -0.2) is 4.99 Å². The fourth-order valence-electron chi connectivity index (χ4n) is 3.74. The molecule has 27 heavy (non-hydrogen) atoms. The van der Waals surface area contributed by atoms with Crippen molar-refractivity contribution in [3.63, 3.8) is 0 Å². The highest BCUT2D eigenvalue weighted by Gasteiger charge is 2.57. The molecule has 1 aromatic carbocycles. The monoisotopic (exact) mass is 385 g/mol. The first kappa shape index (κ1) is 19.5. The summed E-state index contributed by atoms with van der Waals surface area (Å²) < 4.78 is 0. The summed E-state index contributed by atoms with van der Waals surface area (Å²) in [4.78, 5) is 21.2. The number of allylic oxidation sites excluding steroid dienone is 1. The predicted octanol–water partition coefficient (Wildman–Crippen LogP) is 2.51. The van der Waals surface area contributed by atoms with E-state index in [4.69, 9.17) is 16.1 Å². The van der Waals surface area contributed by atoms with Gasteiger partial charge in [-0.3, -0.25) is 15.1 Å². The number of hydrogen-bond donors (Lipinski definition) is 2. The molecule has 3 rings (SSSR count). The van der Waals surface area contributed by atoms with Crippen molar-refractivity contribution in [1.82, 2.24) is 9.80 Å². The maximum atomic E-state index is 13.0. The second kappa shape index (κ2) is 7.76. The lowest BCUT2D eigenvalue weighted by atomic mass is 9.82. The lowest BCUT2D eigenvalue weighted by molar-refractivity contribution is -0.132. The first-order valence-electron chi connectivity index (χ1n) is 9.23. The molecule has 0 bridgehead atoms. The van der Waals surface area contributed by atoms with E-state index >= 15 is 0 Å². The van der Waals surface area contributed by atoms with Crippen LogP contribution in [0.4, 0.5) is 0 Å². The number of rotatable bonds is 5. The molecule has 2 heterocycles. The molecule has 2 aliphatic heterocycles. The van der Waals surface area contributed by atoms with E-state index in [0.717, 1.165) is 12.0 Å². The summed E-state index contributed by atoms with van der Waals surface area (Å²) in [7, 11) is 1.67. The smallest absolute Gasteiger partial charge is 0.236 e. The van der Waals surface area contributed by atoms with Crippen molar-refractivity contribution in [1.29, 1.82) is 5.41 Å². The molecule has 1 saturated heterocycles. The Morgan fingerprint density at radius 1 is 1.48 bits per heavy atom. The first-order chi connectivity index (χ1) is 12.9. The zero-order valence-corrected chi connectivity index (χ0v) is 16.9. The average Bonchev–Trinajstić information content (AvgIpc) is 3.07. The summed E-state index contributed by atoms with van der Waals surface area (Å²) in [5.41, 5.74) is 6.31. The van der Waals surface area contributed by atoms with Crippen molar-refractivity contribution in [2.75, 3.05) is 20.1 Å². The van der Waals surface area contributed by atoms with Crippen molar-refractivity contribution in [3.05, 3.63) is 47.4 Å². The molecule has 1 amide bonds. The molecule has 0 aromatic heterocycles. The SMILES string of the molecule is CC/C=C\S[C@@H](C)C12CN(C(=N)c3ccccc3)C[C@H]1C(=O)N(C)C(N)=N2. The average molecular weight is 386 g/mol. The third-order valence-corrected chi connectivity index (χ3v) is 6.59. The molecule has 1 aromatic rings. The zero-order valence-electron chi connectivity index (χ0n) is 16.1. The second-order valence-corrected chi connectivity index (χ2v) is 8.32. The number of amides is 1. The molecule has 1 unspecified atom stereocenters. The van der Waals surface area contributed by atoms with Crippen LogP contribution in [0, 0.1) is 11.3 Å². The van der Waals surface area contributed by atoms with E-state index in [2.05, 4.69) is 25.3 Å². The number of nitrogens with one attached hydrogen (secondary N) is 1. The van der Waals surface area contributed by atoms with E-state index in [0.29, 0.717) is 18.9 Å². The minimum absolute atomic E-state index is 0.0159. The molecule has 2 aliphatic rings. The van der Waals surface area contributed by atoms with Gasteiger partial charge in [-0.1, -0.05) is 50.3 Å². The molecule has 0 radical (unpaired) electrons. The molecular formula is C20H27N5OS. The quantitative estimate of drug-likeness (QED) is 0.602. The Bertz CT molecular complexity index is 778.